The Kier molecular flexibility index (Phi) is 7.10. The number of nitro benzene ring substituents is 1. The van der Waals surface area contributed by atoms with Gasteiger partial charge in [-0.15, -0.1) is 0 Å². The van der Waals surface area contributed by atoms with E-state index in [9.17, 15) is 19.7 Å². The van der Waals surface area contributed by atoms with Crippen LogP contribution in [-0.4, -0.2) is 46.2 Å². The second-order valence-corrected chi connectivity index (χ2v) is 4.95. The Balaban J connectivity index is 2.75. The van der Waals surface area contributed by atoms with Crippen LogP contribution in [0.4, 0.5) is 11.4 Å². The fourth-order valence-corrected chi connectivity index (χ4v) is 1.89. The Bertz CT molecular complexity index is 590. The Morgan fingerprint density at radius 3 is 2.65 bits per heavy atom. The minimum absolute atomic E-state index is 0.0186. The van der Waals surface area contributed by atoms with Crippen LogP contribution >= 0.6 is 0 Å². The lowest BCUT2D eigenvalue weighted by Gasteiger charge is -2.14. The number of aliphatic carboxylic acids is 1. The van der Waals surface area contributed by atoms with Gasteiger partial charge in [0.2, 0.25) is 5.91 Å². The third-order valence-corrected chi connectivity index (χ3v) is 3.04. The molecule has 1 aromatic rings. The number of benzene rings is 1. The van der Waals surface area contributed by atoms with Gasteiger partial charge < -0.3 is 20.8 Å². The maximum atomic E-state index is 11.9. The van der Waals surface area contributed by atoms with E-state index in [-0.39, 0.29) is 30.9 Å². The summed E-state index contributed by atoms with van der Waals surface area (Å²) in [6.45, 7) is 1.83. The molecular formula is C14H19N3O6. The molecule has 126 valence electrons. The Labute approximate surface area is 132 Å². The zero-order chi connectivity index (χ0) is 17.4. The number of anilines is 1. The minimum Gasteiger partial charge on any atom is -0.480 e. The normalized spacial score (nSPS) is 11.7. The zero-order valence-electron chi connectivity index (χ0n) is 12.6. The van der Waals surface area contributed by atoms with Gasteiger partial charge in [-0.2, -0.15) is 0 Å². The monoisotopic (exact) mass is 325 g/mol. The van der Waals surface area contributed by atoms with Crippen molar-refractivity contribution in [3.05, 3.63) is 33.9 Å². The van der Waals surface area contributed by atoms with Crippen LogP contribution in [0.2, 0.25) is 0 Å². The molecule has 9 nitrogen and oxygen atoms in total. The molecule has 1 atom stereocenters. The van der Waals surface area contributed by atoms with E-state index in [4.69, 9.17) is 10.2 Å². The first-order valence-corrected chi connectivity index (χ1v) is 6.97. The summed E-state index contributed by atoms with van der Waals surface area (Å²) >= 11 is 0. The zero-order valence-corrected chi connectivity index (χ0v) is 12.6. The summed E-state index contributed by atoms with van der Waals surface area (Å²) in [6, 6.07) is 3.20. The smallest absolute Gasteiger partial charge is 0.321 e. The number of aliphatic hydroxyl groups excluding tert-OH is 1. The summed E-state index contributed by atoms with van der Waals surface area (Å²) in [6.07, 6.45) is -0.0272. The summed E-state index contributed by atoms with van der Waals surface area (Å²) in [5.74, 6) is -1.86. The van der Waals surface area contributed by atoms with E-state index < -0.39 is 22.8 Å². The summed E-state index contributed by atoms with van der Waals surface area (Å²) in [5.41, 5.74) is 0.437. The third-order valence-electron chi connectivity index (χ3n) is 3.04. The largest absolute Gasteiger partial charge is 0.480 e. The molecule has 0 aliphatic heterocycles. The number of carbonyl (C=O) groups excluding carboxylic acids is 1. The van der Waals surface area contributed by atoms with Crippen LogP contribution < -0.4 is 10.6 Å². The van der Waals surface area contributed by atoms with Gasteiger partial charge in [0.1, 0.15) is 11.7 Å². The van der Waals surface area contributed by atoms with Crippen LogP contribution in [0.5, 0.6) is 0 Å². The molecule has 1 amide bonds. The van der Waals surface area contributed by atoms with E-state index in [0.29, 0.717) is 12.0 Å². The molecular weight excluding hydrogens is 306 g/mol. The molecule has 0 fully saturated rings. The van der Waals surface area contributed by atoms with Crippen LogP contribution in [-0.2, 0) is 9.59 Å². The molecule has 0 radical (unpaired) electrons. The number of amides is 1. The van der Waals surface area contributed by atoms with Gasteiger partial charge in [-0.1, -0.05) is 6.07 Å². The van der Waals surface area contributed by atoms with Crippen molar-refractivity contribution in [1.82, 2.24) is 5.32 Å². The fourth-order valence-electron chi connectivity index (χ4n) is 1.89. The highest BCUT2D eigenvalue weighted by Gasteiger charge is 2.22. The molecule has 1 aromatic carbocycles. The molecule has 0 aliphatic carbocycles. The highest BCUT2D eigenvalue weighted by atomic mass is 16.6. The lowest BCUT2D eigenvalue weighted by molar-refractivity contribution is -0.384. The number of hydrogen-bond acceptors (Lipinski definition) is 6. The van der Waals surface area contributed by atoms with Crippen LogP contribution in [0.1, 0.15) is 18.4 Å². The first-order valence-electron chi connectivity index (χ1n) is 6.97. The lowest BCUT2D eigenvalue weighted by Crippen LogP contribution is -2.40. The Morgan fingerprint density at radius 1 is 1.39 bits per heavy atom. The van der Waals surface area contributed by atoms with E-state index >= 15 is 0 Å². The van der Waals surface area contributed by atoms with Crippen molar-refractivity contribution in [3.63, 3.8) is 0 Å². The summed E-state index contributed by atoms with van der Waals surface area (Å²) in [4.78, 5) is 33.4. The number of nitro groups is 1. The molecule has 0 spiro atoms. The number of nitrogens with one attached hydrogen (secondary N) is 2. The summed E-state index contributed by atoms with van der Waals surface area (Å²) < 4.78 is 0. The van der Waals surface area contributed by atoms with Gasteiger partial charge in [-0.25, -0.2) is 0 Å². The lowest BCUT2D eigenvalue weighted by atomic mass is 10.1. The topological polar surface area (TPSA) is 142 Å². The second kappa shape index (κ2) is 8.81. The molecule has 1 unspecified atom stereocenters. The Hall–Kier alpha value is -2.52. The molecule has 0 bridgehead atoms. The average Bonchev–Trinajstić information content (AvgIpc) is 2.47. The van der Waals surface area contributed by atoms with Crippen molar-refractivity contribution < 1.29 is 24.7 Å². The maximum absolute atomic E-state index is 11.9. The first kappa shape index (κ1) is 18.5. The first-order chi connectivity index (χ1) is 10.8. The van der Waals surface area contributed by atoms with Gasteiger partial charge in [0, 0.05) is 12.7 Å². The van der Waals surface area contributed by atoms with Crippen molar-refractivity contribution in [1.29, 1.82) is 0 Å². The maximum Gasteiger partial charge on any atom is 0.321 e. The van der Waals surface area contributed by atoms with Gasteiger partial charge in [-0.3, -0.25) is 19.7 Å². The highest BCUT2D eigenvalue weighted by molar-refractivity contribution is 5.95. The van der Waals surface area contributed by atoms with Crippen molar-refractivity contribution in [2.24, 2.45) is 0 Å². The van der Waals surface area contributed by atoms with Crippen molar-refractivity contribution in [3.8, 4) is 0 Å². The molecule has 1 rings (SSSR count). The molecule has 0 saturated heterocycles. The van der Waals surface area contributed by atoms with Gasteiger partial charge >= 0.3 is 5.97 Å². The second-order valence-electron chi connectivity index (χ2n) is 4.95. The third kappa shape index (κ3) is 6.01. The molecule has 9 heteroatoms. The summed E-state index contributed by atoms with van der Waals surface area (Å²) in [5, 5.41) is 33.7. The van der Waals surface area contributed by atoms with Crippen molar-refractivity contribution >= 4 is 23.3 Å². The molecule has 4 N–H and O–H groups in total. The van der Waals surface area contributed by atoms with E-state index in [2.05, 4.69) is 10.6 Å². The molecule has 0 saturated carbocycles. The van der Waals surface area contributed by atoms with Crippen LogP contribution in [0, 0.1) is 17.0 Å². The Morgan fingerprint density at radius 2 is 2.09 bits per heavy atom. The molecule has 0 aromatic heterocycles. The van der Waals surface area contributed by atoms with E-state index in [1.54, 1.807) is 13.0 Å². The van der Waals surface area contributed by atoms with Gasteiger partial charge in [0.15, 0.2) is 0 Å². The van der Waals surface area contributed by atoms with Crippen LogP contribution in [0.15, 0.2) is 18.2 Å². The SMILES string of the molecule is Cc1ccc(NC(=O)CC(NCCCO)C(=O)O)c([N+](=O)[O-])c1. The predicted molar refractivity (Wildman–Crippen MR) is 82.2 cm³/mol. The fraction of sp³-hybridized carbons (Fsp3) is 0.429. The molecule has 23 heavy (non-hydrogen) atoms. The number of nitrogens with zero attached hydrogens (tertiary/aromatic N) is 1. The predicted octanol–water partition coefficient (Wildman–Crippen LogP) is 0.657. The van der Waals surface area contributed by atoms with Crippen molar-refractivity contribution in [2.75, 3.05) is 18.5 Å². The quantitative estimate of drug-likeness (QED) is 0.297. The number of carbonyl (C=O) groups is 2. The number of aryl methyl sites for hydroxylation is 1. The number of rotatable bonds is 9. The van der Waals surface area contributed by atoms with Gasteiger partial charge in [-0.05, 0) is 31.5 Å². The number of carboxylic acid groups (broad SMARTS) is 1. The molecule has 0 heterocycles. The summed E-state index contributed by atoms with van der Waals surface area (Å²) in [7, 11) is 0. The number of aliphatic hydroxyl groups is 1. The van der Waals surface area contributed by atoms with Crippen LogP contribution in [0.25, 0.3) is 0 Å². The van der Waals surface area contributed by atoms with Crippen molar-refractivity contribution in [2.45, 2.75) is 25.8 Å². The standard InChI is InChI=1S/C14H19N3O6/c1-9-3-4-10(12(7-9)17(22)23)16-13(19)8-11(14(20)21)15-5-2-6-18/h3-4,7,11,15,18H,2,5-6,8H2,1H3,(H,16,19)(H,20,21). The highest BCUT2D eigenvalue weighted by Crippen LogP contribution is 2.25. The van der Waals surface area contributed by atoms with Gasteiger partial charge in [0.05, 0.1) is 11.3 Å². The van der Waals surface area contributed by atoms with Gasteiger partial charge in [0.25, 0.3) is 5.69 Å². The van der Waals surface area contributed by atoms with E-state index in [1.165, 1.54) is 12.1 Å². The minimum atomic E-state index is -1.21. The van der Waals surface area contributed by atoms with Crippen LogP contribution in [0.3, 0.4) is 0 Å². The molecule has 0 aliphatic rings. The number of carboxylic acids is 1. The number of hydrogen-bond donors (Lipinski definition) is 4. The average molecular weight is 325 g/mol. The van der Waals surface area contributed by atoms with E-state index in [0.717, 1.165) is 0 Å². The van der Waals surface area contributed by atoms with E-state index in [1.807, 2.05) is 0 Å².